The smallest absolute Gasteiger partial charge is 0.304 e. The van der Waals surface area contributed by atoms with Gasteiger partial charge in [-0.2, -0.15) is 0 Å². The first-order chi connectivity index (χ1) is 9.81. The number of nitro groups is 1. The lowest BCUT2D eigenvalue weighted by Gasteiger charge is -2.12. The lowest BCUT2D eigenvalue weighted by Crippen LogP contribution is -2.26. The molecule has 2 heterocycles. The molecule has 0 saturated heterocycles. The van der Waals surface area contributed by atoms with Gasteiger partial charge in [0.15, 0.2) is 5.00 Å². The zero-order chi connectivity index (χ0) is 15.6. The van der Waals surface area contributed by atoms with Crippen molar-refractivity contribution < 1.29 is 13.3 Å². The Hall–Kier alpha value is -2.04. The molecule has 0 amide bonds. The summed E-state index contributed by atoms with van der Waals surface area (Å²) in [5, 5.41) is 10.6. The Balaban J connectivity index is 2.27. The van der Waals surface area contributed by atoms with E-state index in [1.807, 2.05) is 0 Å². The van der Waals surface area contributed by atoms with Crippen molar-refractivity contribution in [3.8, 4) is 0 Å². The molecule has 1 atom stereocenters. The molecule has 2 rings (SSSR count). The quantitative estimate of drug-likeness (QED) is 0.634. The van der Waals surface area contributed by atoms with Gasteiger partial charge in [-0.3, -0.25) is 15.1 Å². The average Bonchev–Trinajstić information content (AvgIpc) is 2.82. The minimum absolute atomic E-state index is 0.147. The van der Waals surface area contributed by atoms with E-state index in [0.29, 0.717) is 17.0 Å². The van der Waals surface area contributed by atoms with E-state index in [9.17, 15) is 18.5 Å². The van der Waals surface area contributed by atoms with Crippen molar-refractivity contribution >= 4 is 32.0 Å². The highest BCUT2D eigenvalue weighted by atomic mass is 32.2. The monoisotopic (exact) mass is 328 g/mol. The summed E-state index contributed by atoms with van der Waals surface area (Å²) in [6.45, 7) is 1.63. The molecule has 2 aromatic heterocycles. The predicted molar refractivity (Wildman–Crippen MR) is 78.4 cm³/mol. The van der Waals surface area contributed by atoms with E-state index in [4.69, 9.17) is 5.73 Å². The highest BCUT2D eigenvalue weighted by Gasteiger charge is 2.26. The van der Waals surface area contributed by atoms with Crippen LogP contribution in [0.15, 0.2) is 34.7 Å². The Morgan fingerprint density at radius 3 is 2.71 bits per heavy atom. The molecule has 0 saturated carbocycles. The number of hydrogen-bond acceptors (Lipinski definition) is 7. The van der Waals surface area contributed by atoms with Gasteiger partial charge in [-0.15, -0.1) is 0 Å². The SMILES string of the molecule is CC(NS(=O)(=O)c1cc([N+](=O)[O-])c(N)s1)c1ccccn1. The largest absolute Gasteiger partial charge is 0.385 e. The van der Waals surface area contributed by atoms with Crippen molar-refractivity contribution in [2.45, 2.75) is 17.2 Å². The molecule has 0 fully saturated rings. The number of anilines is 1. The van der Waals surface area contributed by atoms with Crippen LogP contribution in [0.4, 0.5) is 10.7 Å². The minimum atomic E-state index is -3.90. The third-order valence-electron chi connectivity index (χ3n) is 2.64. The van der Waals surface area contributed by atoms with Crippen LogP contribution in [-0.4, -0.2) is 18.3 Å². The molecule has 0 spiro atoms. The van der Waals surface area contributed by atoms with Gasteiger partial charge < -0.3 is 5.73 Å². The lowest BCUT2D eigenvalue weighted by molar-refractivity contribution is -0.383. The number of nitrogens with zero attached hydrogens (tertiary/aromatic N) is 2. The van der Waals surface area contributed by atoms with Crippen LogP contribution >= 0.6 is 11.3 Å². The second kappa shape index (κ2) is 5.76. The van der Waals surface area contributed by atoms with E-state index in [2.05, 4.69) is 9.71 Å². The maximum atomic E-state index is 12.2. The van der Waals surface area contributed by atoms with Crippen molar-refractivity contribution in [2.24, 2.45) is 0 Å². The summed E-state index contributed by atoms with van der Waals surface area (Å²) >= 11 is 0.652. The molecule has 8 nitrogen and oxygen atoms in total. The molecule has 0 aromatic carbocycles. The first kappa shape index (κ1) is 15.4. The maximum Gasteiger partial charge on any atom is 0.304 e. The van der Waals surface area contributed by atoms with E-state index in [1.165, 1.54) is 0 Å². The van der Waals surface area contributed by atoms with Gasteiger partial charge in [0.2, 0.25) is 0 Å². The molecule has 0 aliphatic heterocycles. The molecule has 112 valence electrons. The molecule has 0 aliphatic rings. The van der Waals surface area contributed by atoms with E-state index in [1.54, 1.807) is 31.3 Å². The van der Waals surface area contributed by atoms with E-state index in [-0.39, 0.29) is 9.21 Å². The molecule has 2 aromatic rings. The fourth-order valence-electron chi connectivity index (χ4n) is 1.63. The van der Waals surface area contributed by atoms with Crippen molar-refractivity contribution in [3.63, 3.8) is 0 Å². The zero-order valence-corrected chi connectivity index (χ0v) is 12.5. The zero-order valence-electron chi connectivity index (χ0n) is 10.9. The molecule has 0 radical (unpaired) electrons. The number of hydrogen-bond donors (Lipinski definition) is 2. The summed E-state index contributed by atoms with van der Waals surface area (Å²) in [4.78, 5) is 14.0. The number of thiophene rings is 1. The second-order valence-corrected chi connectivity index (χ2v) is 7.19. The summed E-state index contributed by atoms with van der Waals surface area (Å²) in [6.07, 6.45) is 1.55. The van der Waals surface area contributed by atoms with Gasteiger partial charge in [-0.25, -0.2) is 13.1 Å². The predicted octanol–water partition coefficient (Wildman–Crippen LogP) is 1.67. The van der Waals surface area contributed by atoms with Crippen molar-refractivity contribution in [1.29, 1.82) is 0 Å². The molecule has 0 bridgehead atoms. The Bertz CT molecular complexity index is 758. The minimum Gasteiger partial charge on any atom is -0.385 e. The van der Waals surface area contributed by atoms with E-state index >= 15 is 0 Å². The molecular formula is C11H12N4O4S2. The third kappa shape index (κ3) is 3.35. The summed E-state index contributed by atoms with van der Waals surface area (Å²) in [5.74, 6) is 0. The molecule has 10 heteroatoms. The van der Waals surface area contributed by atoms with Crippen LogP contribution in [-0.2, 0) is 10.0 Å². The molecule has 1 unspecified atom stereocenters. The van der Waals surface area contributed by atoms with Crippen LogP contribution < -0.4 is 10.5 Å². The first-order valence-corrected chi connectivity index (χ1v) is 8.08. The van der Waals surface area contributed by atoms with Crippen LogP contribution in [0.5, 0.6) is 0 Å². The Morgan fingerprint density at radius 1 is 1.48 bits per heavy atom. The number of nitrogens with two attached hydrogens (primary N) is 1. The number of pyridine rings is 1. The average molecular weight is 328 g/mol. The number of nitrogens with one attached hydrogen (secondary N) is 1. The summed E-state index contributed by atoms with van der Waals surface area (Å²) in [5.41, 5.74) is 5.58. The highest BCUT2D eigenvalue weighted by Crippen LogP contribution is 2.34. The Labute approximate surface area is 124 Å². The normalized spacial score (nSPS) is 13.0. The molecule has 0 aliphatic carbocycles. The third-order valence-corrected chi connectivity index (χ3v) is 5.61. The summed E-state index contributed by atoms with van der Waals surface area (Å²) in [7, 11) is -3.90. The fourth-order valence-corrected chi connectivity index (χ4v) is 4.08. The van der Waals surface area contributed by atoms with Gasteiger partial charge in [0, 0.05) is 12.3 Å². The number of rotatable bonds is 5. The van der Waals surface area contributed by atoms with Gasteiger partial charge in [0.1, 0.15) is 4.21 Å². The maximum absolute atomic E-state index is 12.2. The van der Waals surface area contributed by atoms with Crippen molar-refractivity contribution in [3.05, 3.63) is 46.3 Å². The lowest BCUT2D eigenvalue weighted by atomic mass is 10.2. The van der Waals surface area contributed by atoms with Crippen LogP contribution in [0.3, 0.4) is 0 Å². The molecule has 3 N–H and O–H groups in total. The topological polar surface area (TPSA) is 128 Å². The second-order valence-electron chi connectivity index (χ2n) is 4.17. The van der Waals surface area contributed by atoms with Gasteiger partial charge in [0.25, 0.3) is 10.0 Å². The molecule has 21 heavy (non-hydrogen) atoms. The fraction of sp³-hybridized carbons (Fsp3) is 0.182. The van der Waals surface area contributed by atoms with E-state index < -0.39 is 26.7 Å². The number of sulfonamides is 1. The summed E-state index contributed by atoms with van der Waals surface area (Å²) < 4.78 is 26.6. The van der Waals surface area contributed by atoms with Crippen LogP contribution in [0.1, 0.15) is 18.7 Å². The van der Waals surface area contributed by atoms with Crippen LogP contribution in [0.2, 0.25) is 0 Å². The summed E-state index contributed by atoms with van der Waals surface area (Å²) in [6, 6.07) is 5.51. The molecular weight excluding hydrogens is 316 g/mol. The van der Waals surface area contributed by atoms with Crippen LogP contribution in [0, 0.1) is 10.1 Å². The number of aromatic nitrogens is 1. The first-order valence-electron chi connectivity index (χ1n) is 5.78. The van der Waals surface area contributed by atoms with E-state index in [0.717, 1.165) is 6.07 Å². The van der Waals surface area contributed by atoms with Gasteiger partial charge in [0.05, 0.1) is 16.7 Å². The van der Waals surface area contributed by atoms with Gasteiger partial charge >= 0.3 is 5.69 Å². The van der Waals surface area contributed by atoms with Crippen molar-refractivity contribution in [2.75, 3.05) is 5.73 Å². The Kier molecular flexibility index (Phi) is 4.21. The van der Waals surface area contributed by atoms with Crippen LogP contribution in [0.25, 0.3) is 0 Å². The highest BCUT2D eigenvalue weighted by molar-refractivity contribution is 7.91. The van der Waals surface area contributed by atoms with Gasteiger partial charge in [-0.05, 0) is 19.1 Å². The Morgan fingerprint density at radius 2 is 2.19 bits per heavy atom. The number of nitrogen functional groups attached to an aromatic ring is 1. The standard InChI is InChI=1S/C11H12N4O4S2/c1-7(8-4-2-3-5-13-8)14-21(18,19)10-6-9(15(16)17)11(12)20-10/h2-7,14H,12H2,1H3. The van der Waals surface area contributed by atoms with Gasteiger partial charge in [-0.1, -0.05) is 17.4 Å². The van der Waals surface area contributed by atoms with Crippen molar-refractivity contribution in [1.82, 2.24) is 9.71 Å².